The Balaban J connectivity index is 1.79. The number of benzene rings is 3. The Morgan fingerprint density at radius 3 is 2.29 bits per heavy atom. The number of hydrogen-bond donors (Lipinski definition) is 4. The largest absolute Gasteiger partial charge is 0.356 e. The van der Waals surface area contributed by atoms with Crippen LogP contribution in [0.5, 0.6) is 0 Å². The Labute approximate surface area is 200 Å². The summed E-state index contributed by atoms with van der Waals surface area (Å²) >= 11 is 0. The smallest absolute Gasteiger partial charge is 0.252 e. The van der Waals surface area contributed by atoms with E-state index in [1.807, 2.05) is 48.5 Å². The zero-order valence-electron chi connectivity index (χ0n) is 19.6. The molecule has 0 saturated carbocycles. The number of hydrogen-bond acceptors (Lipinski definition) is 4. The summed E-state index contributed by atoms with van der Waals surface area (Å²) < 4.78 is 0. The molecule has 0 fully saturated rings. The summed E-state index contributed by atoms with van der Waals surface area (Å²) in [6.45, 7) is 4.25. The minimum Gasteiger partial charge on any atom is -0.356 e. The molecule has 0 aliphatic carbocycles. The van der Waals surface area contributed by atoms with E-state index in [-0.39, 0.29) is 24.1 Å². The molecule has 0 spiro atoms. The van der Waals surface area contributed by atoms with Crippen molar-refractivity contribution in [3.05, 3.63) is 83.9 Å². The molecule has 3 amide bonds. The third-order valence-electron chi connectivity index (χ3n) is 5.60. The van der Waals surface area contributed by atoms with Crippen LogP contribution in [0.3, 0.4) is 0 Å². The molecule has 0 aromatic heterocycles. The Bertz CT molecular complexity index is 1140. The Kier molecular flexibility index (Phi) is 8.38. The van der Waals surface area contributed by atoms with Crippen LogP contribution in [0.4, 0.5) is 0 Å². The van der Waals surface area contributed by atoms with Crippen LogP contribution in [0, 0.1) is 0 Å². The van der Waals surface area contributed by atoms with Crippen molar-refractivity contribution in [2.24, 2.45) is 5.73 Å². The van der Waals surface area contributed by atoms with Gasteiger partial charge in [0.1, 0.15) is 5.54 Å². The molecule has 0 heterocycles. The van der Waals surface area contributed by atoms with Gasteiger partial charge in [0.05, 0.1) is 12.5 Å². The molecule has 7 heteroatoms. The molecule has 0 bridgehead atoms. The van der Waals surface area contributed by atoms with Crippen molar-refractivity contribution in [3.8, 4) is 0 Å². The lowest BCUT2D eigenvalue weighted by atomic mass is 9.97. The number of carbonyl (C=O) groups excluding carboxylic acids is 3. The first kappa shape index (κ1) is 24.9. The first-order chi connectivity index (χ1) is 16.3. The highest BCUT2D eigenvalue weighted by atomic mass is 16.2. The van der Waals surface area contributed by atoms with Gasteiger partial charge in [-0.1, -0.05) is 54.6 Å². The molecular formula is C27H32N4O3. The molecule has 0 radical (unpaired) electrons. The minimum atomic E-state index is -1.20. The quantitative estimate of drug-likeness (QED) is 0.348. The molecule has 3 rings (SSSR count). The second-order valence-electron chi connectivity index (χ2n) is 8.77. The second-order valence-corrected chi connectivity index (χ2v) is 8.77. The predicted octanol–water partition coefficient (Wildman–Crippen LogP) is 3.06. The Hall–Kier alpha value is -3.71. The number of carbonyl (C=O) groups is 3. The molecular weight excluding hydrogens is 428 g/mol. The molecule has 178 valence electrons. The van der Waals surface area contributed by atoms with Crippen LogP contribution >= 0.6 is 0 Å². The zero-order chi connectivity index (χ0) is 24.6. The lowest BCUT2D eigenvalue weighted by Gasteiger charge is -2.28. The van der Waals surface area contributed by atoms with Crippen LogP contribution in [-0.2, 0) is 9.59 Å². The van der Waals surface area contributed by atoms with Crippen molar-refractivity contribution in [1.29, 1.82) is 0 Å². The number of rotatable bonds is 10. The molecule has 0 aliphatic heterocycles. The summed E-state index contributed by atoms with van der Waals surface area (Å²) in [6, 6.07) is 21.9. The Morgan fingerprint density at radius 2 is 1.59 bits per heavy atom. The summed E-state index contributed by atoms with van der Waals surface area (Å²) in [5.41, 5.74) is 5.59. The van der Waals surface area contributed by atoms with Gasteiger partial charge in [-0.15, -0.1) is 0 Å². The molecule has 1 atom stereocenters. The lowest BCUT2D eigenvalue weighted by molar-refractivity contribution is -0.127. The van der Waals surface area contributed by atoms with Gasteiger partial charge in [0, 0.05) is 12.1 Å². The topological polar surface area (TPSA) is 113 Å². The maximum atomic E-state index is 13.2. The van der Waals surface area contributed by atoms with E-state index in [0.29, 0.717) is 25.1 Å². The summed E-state index contributed by atoms with van der Waals surface area (Å²) in [4.78, 5) is 38.5. The van der Waals surface area contributed by atoms with Gasteiger partial charge in [-0.05, 0) is 61.3 Å². The normalized spacial score (nSPS) is 12.1. The average Bonchev–Trinajstić information content (AvgIpc) is 2.83. The van der Waals surface area contributed by atoms with E-state index in [9.17, 15) is 14.4 Å². The van der Waals surface area contributed by atoms with Crippen molar-refractivity contribution in [3.63, 3.8) is 0 Å². The maximum absolute atomic E-state index is 13.2. The van der Waals surface area contributed by atoms with E-state index >= 15 is 0 Å². The Morgan fingerprint density at radius 1 is 0.912 bits per heavy atom. The average molecular weight is 461 g/mol. The third kappa shape index (κ3) is 6.65. The predicted molar refractivity (Wildman–Crippen MR) is 134 cm³/mol. The summed E-state index contributed by atoms with van der Waals surface area (Å²) in [5, 5.41) is 10.7. The first-order valence-electron chi connectivity index (χ1n) is 11.4. The van der Waals surface area contributed by atoms with Gasteiger partial charge >= 0.3 is 0 Å². The van der Waals surface area contributed by atoms with Gasteiger partial charge in [0.25, 0.3) is 5.91 Å². The summed E-state index contributed by atoms with van der Waals surface area (Å²) in [5.74, 6) is -0.912. The highest BCUT2D eigenvalue weighted by molar-refractivity contribution is 5.99. The van der Waals surface area contributed by atoms with Crippen molar-refractivity contribution in [2.75, 3.05) is 13.1 Å². The van der Waals surface area contributed by atoms with Crippen molar-refractivity contribution < 1.29 is 14.4 Å². The number of nitrogens with one attached hydrogen (secondary N) is 3. The van der Waals surface area contributed by atoms with Gasteiger partial charge in [0.2, 0.25) is 11.8 Å². The van der Waals surface area contributed by atoms with E-state index in [2.05, 4.69) is 16.0 Å². The van der Waals surface area contributed by atoms with Crippen LogP contribution in [0.25, 0.3) is 10.8 Å². The van der Waals surface area contributed by atoms with E-state index in [4.69, 9.17) is 5.73 Å². The van der Waals surface area contributed by atoms with Crippen LogP contribution in [0.15, 0.2) is 72.8 Å². The SMILES string of the molecule is CC(C)(NC(=O)c1ccccc1)C(=O)N[C@H](CC(=O)NCCCN)c1ccc2ccccc2c1. The molecule has 0 saturated heterocycles. The van der Waals surface area contributed by atoms with Gasteiger partial charge in [-0.25, -0.2) is 0 Å². The fourth-order valence-corrected chi connectivity index (χ4v) is 3.61. The number of amides is 3. The van der Waals surface area contributed by atoms with E-state index in [0.717, 1.165) is 16.3 Å². The first-order valence-corrected chi connectivity index (χ1v) is 11.4. The molecule has 0 aliphatic rings. The highest BCUT2D eigenvalue weighted by Gasteiger charge is 2.32. The van der Waals surface area contributed by atoms with Crippen molar-refractivity contribution >= 4 is 28.5 Å². The van der Waals surface area contributed by atoms with Crippen molar-refractivity contribution in [1.82, 2.24) is 16.0 Å². The molecule has 7 nitrogen and oxygen atoms in total. The standard InChI is InChI=1S/C27H32N4O3/c1-27(2,31-25(33)20-10-4-3-5-11-20)26(34)30-23(18-24(32)29-16-8-15-28)22-14-13-19-9-6-7-12-21(19)17-22/h3-7,9-14,17,23H,8,15-16,18,28H2,1-2H3,(H,29,32)(H,30,34)(H,31,33)/t23-/m1/s1. The van der Waals surface area contributed by atoms with E-state index in [1.54, 1.807) is 38.1 Å². The van der Waals surface area contributed by atoms with Gasteiger partial charge in [0.15, 0.2) is 0 Å². The highest BCUT2D eigenvalue weighted by Crippen LogP contribution is 2.23. The third-order valence-corrected chi connectivity index (χ3v) is 5.60. The lowest BCUT2D eigenvalue weighted by Crippen LogP contribution is -2.55. The molecule has 5 N–H and O–H groups in total. The van der Waals surface area contributed by atoms with Gasteiger partial charge < -0.3 is 21.7 Å². The van der Waals surface area contributed by atoms with Crippen LogP contribution < -0.4 is 21.7 Å². The van der Waals surface area contributed by atoms with E-state index in [1.165, 1.54) is 0 Å². The summed E-state index contributed by atoms with van der Waals surface area (Å²) in [6.07, 6.45) is 0.745. The number of fused-ring (bicyclic) bond motifs is 1. The van der Waals surface area contributed by atoms with Crippen LogP contribution in [0.1, 0.15) is 48.7 Å². The molecule has 3 aromatic rings. The van der Waals surface area contributed by atoms with Crippen LogP contribution in [-0.4, -0.2) is 36.3 Å². The van der Waals surface area contributed by atoms with Crippen molar-refractivity contribution in [2.45, 2.75) is 38.3 Å². The second kappa shape index (κ2) is 11.4. The van der Waals surface area contributed by atoms with Gasteiger partial charge in [-0.3, -0.25) is 14.4 Å². The fraction of sp³-hybridized carbons (Fsp3) is 0.296. The fourth-order valence-electron chi connectivity index (χ4n) is 3.61. The van der Waals surface area contributed by atoms with Crippen LogP contribution in [0.2, 0.25) is 0 Å². The van der Waals surface area contributed by atoms with E-state index < -0.39 is 11.6 Å². The molecule has 34 heavy (non-hydrogen) atoms. The zero-order valence-corrected chi connectivity index (χ0v) is 19.6. The monoisotopic (exact) mass is 460 g/mol. The maximum Gasteiger partial charge on any atom is 0.252 e. The molecule has 0 unspecified atom stereocenters. The molecule has 3 aromatic carbocycles. The summed E-state index contributed by atoms with van der Waals surface area (Å²) in [7, 11) is 0. The minimum absolute atomic E-state index is 0.0668. The number of nitrogens with two attached hydrogens (primary N) is 1. The van der Waals surface area contributed by atoms with Gasteiger partial charge in [-0.2, -0.15) is 0 Å².